The molecule has 2 heterocycles. The Kier molecular flexibility index (Phi) is 4.08. The van der Waals surface area contributed by atoms with Crippen LogP contribution in [0.15, 0.2) is 0 Å². The zero-order valence-corrected chi connectivity index (χ0v) is 13.5. The molecule has 2 fully saturated rings. The van der Waals surface area contributed by atoms with E-state index in [2.05, 4.69) is 17.1 Å². The molecule has 116 valence electrons. The van der Waals surface area contributed by atoms with Gasteiger partial charge in [0.05, 0.1) is 23.4 Å². The van der Waals surface area contributed by atoms with Crippen molar-refractivity contribution in [3.8, 4) is 0 Å². The summed E-state index contributed by atoms with van der Waals surface area (Å²) in [6.45, 7) is 7.12. The largest absolute Gasteiger partial charge is 0.397 e. The average molecular weight is 309 g/mol. The Labute approximate surface area is 129 Å². The lowest BCUT2D eigenvalue weighted by molar-refractivity contribution is 0.0534. The summed E-state index contributed by atoms with van der Waals surface area (Å²) in [5, 5.41) is 4.05. The van der Waals surface area contributed by atoms with Crippen LogP contribution in [0, 0.1) is 0 Å². The fraction of sp³-hybridized carbons (Fsp3) is 0.667. The SMILES string of the molecule is CCNC(=O)c1sc(N2CCOC(C)C2)c(C2CC2)c1N. The molecule has 1 aromatic rings. The number of morpholine rings is 1. The highest BCUT2D eigenvalue weighted by Crippen LogP contribution is 2.52. The van der Waals surface area contributed by atoms with E-state index in [1.54, 1.807) is 11.3 Å². The van der Waals surface area contributed by atoms with Crippen LogP contribution in [0.4, 0.5) is 10.7 Å². The van der Waals surface area contributed by atoms with Crippen LogP contribution in [0.5, 0.6) is 0 Å². The maximum Gasteiger partial charge on any atom is 0.263 e. The first kappa shape index (κ1) is 14.7. The van der Waals surface area contributed by atoms with Crippen molar-refractivity contribution in [3.63, 3.8) is 0 Å². The van der Waals surface area contributed by atoms with Crippen LogP contribution in [-0.2, 0) is 4.74 Å². The number of carbonyl (C=O) groups excluding carboxylic acids is 1. The monoisotopic (exact) mass is 309 g/mol. The van der Waals surface area contributed by atoms with Crippen molar-refractivity contribution in [1.29, 1.82) is 0 Å². The molecule has 1 aliphatic carbocycles. The molecule has 0 radical (unpaired) electrons. The standard InChI is InChI=1S/C15H23N3O2S/c1-3-17-14(19)13-12(16)11(10-4-5-10)15(21-13)18-6-7-20-9(2)8-18/h9-10H,3-8,16H2,1-2H3,(H,17,19). The molecule has 0 spiro atoms. The lowest BCUT2D eigenvalue weighted by atomic mass is 10.1. The molecule has 1 unspecified atom stereocenters. The van der Waals surface area contributed by atoms with Gasteiger partial charge in [0.1, 0.15) is 4.88 Å². The number of carbonyl (C=O) groups is 1. The first-order valence-corrected chi connectivity index (χ1v) is 8.50. The maximum absolute atomic E-state index is 12.2. The summed E-state index contributed by atoms with van der Waals surface area (Å²) in [6.07, 6.45) is 2.59. The van der Waals surface area contributed by atoms with Crippen LogP contribution < -0.4 is 16.0 Å². The van der Waals surface area contributed by atoms with Crippen molar-refractivity contribution in [2.24, 2.45) is 0 Å². The van der Waals surface area contributed by atoms with Gasteiger partial charge in [-0.05, 0) is 32.6 Å². The summed E-state index contributed by atoms with van der Waals surface area (Å²) in [5.74, 6) is 0.493. The molecule has 1 atom stereocenters. The number of nitrogens with one attached hydrogen (secondary N) is 1. The number of nitrogens with zero attached hydrogens (tertiary/aromatic N) is 1. The topological polar surface area (TPSA) is 67.6 Å². The quantitative estimate of drug-likeness (QED) is 0.894. The summed E-state index contributed by atoms with van der Waals surface area (Å²) >= 11 is 1.54. The van der Waals surface area contributed by atoms with Crippen LogP contribution in [0.25, 0.3) is 0 Å². The third-order valence-electron chi connectivity index (χ3n) is 4.02. The fourth-order valence-electron chi connectivity index (χ4n) is 2.86. The van der Waals surface area contributed by atoms with E-state index in [0.717, 1.165) is 19.7 Å². The van der Waals surface area contributed by atoms with Crippen LogP contribution in [0.1, 0.15) is 47.8 Å². The van der Waals surface area contributed by atoms with Crippen molar-refractivity contribution in [1.82, 2.24) is 5.32 Å². The molecule has 0 bridgehead atoms. The van der Waals surface area contributed by atoms with Crippen LogP contribution in [0.3, 0.4) is 0 Å². The van der Waals surface area contributed by atoms with E-state index in [0.29, 0.717) is 23.0 Å². The van der Waals surface area contributed by atoms with E-state index < -0.39 is 0 Å². The number of anilines is 2. The molecule has 3 N–H and O–H groups in total. The number of amides is 1. The molecule has 3 rings (SSSR count). The molecule has 1 saturated carbocycles. The highest BCUT2D eigenvalue weighted by atomic mass is 32.1. The second kappa shape index (κ2) is 5.85. The maximum atomic E-state index is 12.2. The summed E-state index contributed by atoms with van der Waals surface area (Å²) in [6, 6.07) is 0. The minimum absolute atomic E-state index is 0.0468. The normalized spacial score (nSPS) is 22.4. The molecular formula is C15H23N3O2S. The molecule has 21 heavy (non-hydrogen) atoms. The number of nitrogens with two attached hydrogens (primary N) is 1. The van der Waals surface area contributed by atoms with Crippen molar-refractivity contribution in [2.75, 3.05) is 36.9 Å². The number of ether oxygens (including phenoxy) is 1. The molecule has 1 amide bonds. The van der Waals surface area contributed by atoms with E-state index in [1.165, 1.54) is 23.4 Å². The van der Waals surface area contributed by atoms with Crippen LogP contribution in [-0.4, -0.2) is 38.3 Å². The highest BCUT2D eigenvalue weighted by molar-refractivity contribution is 7.18. The summed E-state index contributed by atoms with van der Waals surface area (Å²) in [5.41, 5.74) is 8.21. The molecule has 5 nitrogen and oxygen atoms in total. The second-order valence-electron chi connectivity index (χ2n) is 5.82. The molecule has 6 heteroatoms. The lowest BCUT2D eigenvalue weighted by Gasteiger charge is -2.32. The Morgan fingerprint density at radius 3 is 2.90 bits per heavy atom. The first-order chi connectivity index (χ1) is 10.1. The smallest absolute Gasteiger partial charge is 0.263 e. The Bertz CT molecular complexity index is 539. The molecule has 0 aromatic carbocycles. The van der Waals surface area contributed by atoms with Crippen LogP contribution in [0.2, 0.25) is 0 Å². The number of thiophene rings is 1. The molecule has 1 aliphatic heterocycles. The number of rotatable bonds is 4. The average Bonchev–Trinajstić information content (AvgIpc) is 3.22. The molecule has 1 aromatic heterocycles. The van der Waals surface area contributed by atoms with Gasteiger partial charge in [-0.3, -0.25) is 4.79 Å². The van der Waals surface area contributed by atoms with Crippen molar-refractivity contribution < 1.29 is 9.53 Å². The second-order valence-corrected chi connectivity index (χ2v) is 6.82. The van der Waals surface area contributed by atoms with E-state index in [1.807, 2.05) is 6.92 Å². The molecule has 1 saturated heterocycles. The first-order valence-electron chi connectivity index (χ1n) is 7.68. The van der Waals surface area contributed by atoms with Gasteiger partial charge in [-0.15, -0.1) is 11.3 Å². The predicted octanol–water partition coefficient (Wildman–Crippen LogP) is 2.18. The Balaban J connectivity index is 1.94. The van der Waals surface area contributed by atoms with Gasteiger partial charge in [-0.1, -0.05) is 0 Å². The van der Waals surface area contributed by atoms with Crippen molar-refractivity contribution >= 4 is 27.9 Å². The number of hydrogen-bond donors (Lipinski definition) is 2. The van der Waals surface area contributed by atoms with Gasteiger partial charge < -0.3 is 20.7 Å². The Morgan fingerprint density at radius 1 is 1.52 bits per heavy atom. The minimum atomic E-state index is -0.0468. The fourth-order valence-corrected chi connectivity index (χ4v) is 4.12. The minimum Gasteiger partial charge on any atom is -0.397 e. The summed E-state index contributed by atoms with van der Waals surface area (Å²) in [7, 11) is 0. The number of hydrogen-bond acceptors (Lipinski definition) is 5. The molecular weight excluding hydrogens is 286 g/mol. The summed E-state index contributed by atoms with van der Waals surface area (Å²) in [4.78, 5) is 15.2. The van der Waals surface area contributed by atoms with Gasteiger partial charge in [0.25, 0.3) is 5.91 Å². The Hall–Kier alpha value is -1.27. The van der Waals surface area contributed by atoms with E-state index in [4.69, 9.17) is 10.5 Å². The highest BCUT2D eigenvalue weighted by Gasteiger charge is 2.35. The van der Waals surface area contributed by atoms with Gasteiger partial charge in [0, 0.05) is 25.2 Å². The predicted molar refractivity (Wildman–Crippen MR) is 86.3 cm³/mol. The summed E-state index contributed by atoms with van der Waals surface area (Å²) < 4.78 is 5.62. The van der Waals surface area contributed by atoms with E-state index >= 15 is 0 Å². The zero-order valence-electron chi connectivity index (χ0n) is 12.6. The lowest BCUT2D eigenvalue weighted by Crippen LogP contribution is -2.41. The third-order valence-corrected chi connectivity index (χ3v) is 5.30. The number of nitrogen functional groups attached to an aromatic ring is 1. The van der Waals surface area contributed by atoms with Crippen molar-refractivity contribution in [3.05, 3.63) is 10.4 Å². The van der Waals surface area contributed by atoms with Crippen molar-refractivity contribution in [2.45, 2.75) is 38.7 Å². The van der Waals surface area contributed by atoms with Crippen LogP contribution >= 0.6 is 11.3 Å². The Morgan fingerprint density at radius 2 is 2.29 bits per heavy atom. The van der Waals surface area contributed by atoms with Gasteiger partial charge >= 0.3 is 0 Å². The van der Waals surface area contributed by atoms with Gasteiger partial charge in [-0.25, -0.2) is 0 Å². The van der Waals surface area contributed by atoms with Gasteiger partial charge in [0.2, 0.25) is 0 Å². The third kappa shape index (κ3) is 2.87. The van der Waals surface area contributed by atoms with E-state index in [9.17, 15) is 4.79 Å². The van der Waals surface area contributed by atoms with Gasteiger partial charge in [-0.2, -0.15) is 0 Å². The zero-order chi connectivity index (χ0) is 15.0. The molecule has 2 aliphatic rings. The van der Waals surface area contributed by atoms with Gasteiger partial charge in [0.15, 0.2) is 0 Å². The van der Waals surface area contributed by atoms with E-state index in [-0.39, 0.29) is 12.0 Å².